The van der Waals surface area contributed by atoms with Crippen molar-refractivity contribution < 1.29 is 9.90 Å². The molecule has 0 aromatic carbocycles. The maximum atomic E-state index is 11.8. The molecule has 2 rings (SSSR count). The Morgan fingerprint density at radius 1 is 1.36 bits per heavy atom. The summed E-state index contributed by atoms with van der Waals surface area (Å²) in [6.45, 7) is 6.46. The van der Waals surface area contributed by atoms with E-state index in [-0.39, 0.29) is 17.9 Å². The minimum absolute atomic E-state index is 0.0967. The molecule has 1 fully saturated rings. The van der Waals surface area contributed by atoms with Gasteiger partial charge in [0.15, 0.2) is 0 Å². The minimum Gasteiger partial charge on any atom is -0.393 e. The largest absolute Gasteiger partial charge is 0.393 e. The molecule has 22 heavy (non-hydrogen) atoms. The molecule has 1 aromatic heterocycles. The average molecular weight is 307 g/mol. The number of carbonyl (C=O) groups excluding carboxylic acids is 1. The number of rotatable bonds is 6. The predicted octanol–water partition coefficient (Wildman–Crippen LogP) is 0.574. The van der Waals surface area contributed by atoms with Gasteiger partial charge in [-0.15, -0.1) is 0 Å². The maximum Gasteiger partial charge on any atom is 0.241 e. The fraction of sp³-hybridized carbons (Fsp3) is 0.667. The molecule has 2 N–H and O–H groups in total. The molecular formula is C15H25N5O2. The van der Waals surface area contributed by atoms with Crippen molar-refractivity contribution in [1.29, 1.82) is 0 Å². The number of hydrogen-bond acceptors (Lipinski definition) is 6. The van der Waals surface area contributed by atoms with Crippen LogP contribution in [0.4, 0.5) is 11.6 Å². The number of likely N-dealkylation sites (N-methyl/N-ethyl adjacent to an activating group) is 1. The van der Waals surface area contributed by atoms with E-state index in [1.54, 1.807) is 4.90 Å². The monoisotopic (exact) mass is 307 g/mol. The van der Waals surface area contributed by atoms with Crippen LogP contribution in [0.25, 0.3) is 0 Å². The Morgan fingerprint density at radius 2 is 2.14 bits per heavy atom. The number of aliphatic hydroxyl groups is 1. The molecule has 1 aromatic rings. The summed E-state index contributed by atoms with van der Waals surface area (Å²) in [5.41, 5.74) is 0. The lowest BCUT2D eigenvalue weighted by atomic mass is 10.0. The van der Waals surface area contributed by atoms with Crippen LogP contribution in [0.2, 0.25) is 0 Å². The number of nitrogens with zero attached hydrogens (tertiary/aromatic N) is 4. The van der Waals surface area contributed by atoms with Crippen molar-refractivity contribution in [2.24, 2.45) is 5.92 Å². The van der Waals surface area contributed by atoms with Gasteiger partial charge in [-0.2, -0.15) is 0 Å². The lowest BCUT2D eigenvalue weighted by Gasteiger charge is -2.32. The molecule has 7 heteroatoms. The summed E-state index contributed by atoms with van der Waals surface area (Å²) in [6.07, 6.45) is 1.85. The second-order valence-electron chi connectivity index (χ2n) is 6.03. The van der Waals surface area contributed by atoms with Crippen LogP contribution in [0.3, 0.4) is 0 Å². The van der Waals surface area contributed by atoms with E-state index in [2.05, 4.69) is 15.3 Å². The number of hydrogen-bond donors (Lipinski definition) is 2. The fourth-order valence-electron chi connectivity index (χ4n) is 2.25. The van der Waals surface area contributed by atoms with Gasteiger partial charge in [-0.05, 0) is 12.3 Å². The highest BCUT2D eigenvalue weighted by Crippen LogP contribution is 2.16. The molecule has 1 atom stereocenters. The van der Waals surface area contributed by atoms with Crippen LogP contribution in [-0.2, 0) is 4.79 Å². The third-order valence-electron chi connectivity index (χ3n) is 3.95. The van der Waals surface area contributed by atoms with Crippen molar-refractivity contribution in [2.75, 3.05) is 43.4 Å². The van der Waals surface area contributed by atoms with Crippen molar-refractivity contribution in [3.05, 3.63) is 12.4 Å². The second kappa shape index (κ2) is 7.40. The number of aromatic nitrogens is 2. The van der Waals surface area contributed by atoms with Crippen molar-refractivity contribution in [3.8, 4) is 0 Å². The van der Waals surface area contributed by atoms with Gasteiger partial charge in [0.1, 0.15) is 18.0 Å². The van der Waals surface area contributed by atoms with Crippen molar-refractivity contribution in [3.63, 3.8) is 0 Å². The van der Waals surface area contributed by atoms with E-state index >= 15 is 0 Å². The van der Waals surface area contributed by atoms with Gasteiger partial charge in [-0.3, -0.25) is 4.79 Å². The highest BCUT2D eigenvalue weighted by Gasteiger charge is 2.22. The van der Waals surface area contributed by atoms with Crippen molar-refractivity contribution >= 4 is 17.5 Å². The van der Waals surface area contributed by atoms with E-state index in [9.17, 15) is 9.90 Å². The first kappa shape index (κ1) is 16.5. The Bertz CT molecular complexity index is 508. The molecule has 0 bridgehead atoms. The normalized spacial score (nSPS) is 17.0. The van der Waals surface area contributed by atoms with E-state index in [0.29, 0.717) is 31.9 Å². The van der Waals surface area contributed by atoms with E-state index in [4.69, 9.17) is 0 Å². The minimum atomic E-state index is -0.316. The number of piperazine rings is 1. The predicted molar refractivity (Wildman–Crippen MR) is 85.8 cm³/mol. The highest BCUT2D eigenvalue weighted by atomic mass is 16.3. The topological polar surface area (TPSA) is 81.6 Å². The summed E-state index contributed by atoms with van der Waals surface area (Å²) in [5.74, 6) is 1.81. The summed E-state index contributed by atoms with van der Waals surface area (Å²) in [5, 5.41) is 13.0. The molecule has 1 aliphatic rings. The van der Waals surface area contributed by atoms with E-state index < -0.39 is 0 Å². The first-order chi connectivity index (χ1) is 10.5. The summed E-state index contributed by atoms with van der Waals surface area (Å²) < 4.78 is 0. The molecule has 7 nitrogen and oxygen atoms in total. The summed E-state index contributed by atoms with van der Waals surface area (Å²) in [7, 11) is 1.81. The van der Waals surface area contributed by atoms with Crippen LogP contribution in [0, 0.1) is 5.92 Å². The van der Waals surface area contributed by atoms with Gasteiger partial charge >= 0.3 is 0 Å². The van der Waals surface area contributed by atoms with Gasteiger partial charge in [-0.25, -0.2) is 9.97 Å². The van der Waals surface area contributed by atoms with Gasteiger partial charge < -0.3 is 20.2 Å². The van der Waals surface area contributed by atoms with Crippen LogP contribution in [0.1, 0.15) is 20.3 Å². The maximum absolute atomic E-state index is 11.8. The molecule has 1 aliphatic heterocycles. The Morgan fingerprint density at radius 3 is 2.82 bits per heavy atom. The van der Waals surface area contributed by atoms with E-state index in [0.717, 1.165) is 12.4 Å². The zero-order chi connectivity index (χ0) is 16.1. The molecule has 122 valence electrons. The number of amides is 1. The number of anilines is 2. The fourth-order valence-corrected chi connectivity index (χ4v) is 2.25. The van der Waals surface area contributed by atoms with Gasteiger partial charge in [0, 0.05) is 32.7 Å². The van der Waals surface area contributed by atoms with Crippen LogP contribution in [0.15, 0.2) is 12.4 Å². The lowest BCUT2D eigenvalue weighted by Crippen LogP contribution is -2.48. The third-order valence-corrected chi connectivity index (χ3v) is 3.95. The smallest absolute Gasteiger partial charge is 0.241 e. The first-order valence-electron chi connectivity index (χ1n) is 7.70. The zero-order valence-electron chi connectivity index (χ0n) is 13.5. The Kier molecular flexibility index (Phi) is 5.54. The van der Waals surface area contributed by atoms with Gasteiger partial charge in [-0.1, -0.05) is 13.8 Å². The highest BCUT2D eigenvalue weighted by molar-refractivity contribution is 5.82. The summed E-state index contributed by atoms with van der Waals surface area (Å²) in [6, 6.07) is 1.85. The number of aliphatic hydroxyl groups excluding tert-OH is 1. The molecule has 2 heterocycles. The van der Waals surface area contributed by atoms with Crippen LogP contribution >= 0.6 is 0 Å². The summed E-state index contributed by atoms with van der Waals surface area (Å²) in [4.78, 5) is 23.9. The van der Waals surface area contributed by atoms with Gasteiger partial charge in [0.05, 0.1) is 12.6 Å². The van der Waals surface area contributed by atoms with E-state index in [1.165, 1.54) is 6.33 Å². The molecule has 1 saturated heterocycles. The number of nitrogens with one attached hydrogen (secondary N) is 1. The SMILES string of the molecule is CC(C)C(O)CCNc1cc(N2CCN(C)C(=O)C2)ncn1. The van der Waals surface area contributed by atoms with Crippen molar-refractivity contribution in [2.45, 2.75) is 26.4 Å². The molecule has 0 saturated carbocycles. The second-order valence-corrected chi connectivity index (χ2v) is 6.03. The van der Waals surface area contributed by atoms with Crippen LogP contribution in [-0.4, -0.2) is 65.2 Å². The Hall–Kier alpha value is -1.89. The van der Waals surface area contributed by atoms with E-state index in [1.807, 2.05) is 31.9 Å². The Balaban J connectivity index is 1.91. The molecular weight excluding hydrogens is 282 g/mol. The van der Waals surface area contributed by atoms with Gasteiger partial charge in [0.2, 0.25) is 5.91 Å². The average Bonchev–Trinajstić information content (AvgIpc) is 2.50. The molecule has 0 spiro atoms. The van der Waals surface area contributed by atoms with Gasteiger partial charge in [0.25, 0.3) is 0 Å². The quantitative estimate of drug-likeness (QED) is 0.800. The van der Waals surface area contributed by atoms with Crippen LogP contribution < -0.4 is 10.2 Å². The molecule has 0 aliphatic carbocycles. The first-order valence-corrected chi connectivity index (χ1v) is 7.70. The summed E-state index contributed by atoms with van der Waals surface area (Å²) >= 11 is 0. The zero-order valence-corrected chi connectivity index (χ0v) is 13.5. The number of carbonyl (C=O) groups is 1. The lowest BCUT2D eigenvalue weighted by molar-refractivity contribution is -0.129. The third kappa shape index (κ3) is 4.30. The van der Waals surface area contributed by atoms with Crippen molar-refractivity contribution in [1.82, 2.24) is 14.9 Å². The van der Waals surface area contributed by atoms with Crippen LogP contribution in [0.5, 0.6) is 0 Å². The molecule has 1 unspecified atom stereocenters. The Labute approximate surface area is 131 Å². The molecule has 0 radical (unpaired) electrons. The molecule has 1 amide bonds. The standard InChI is InChI=1S/C15H25N5O2/c1-11(2)12(21)4-5-16-13-8-14(18-10-17-13)20-7-6-19(3)15(22)9-20/h8,10-12,21H,4-7,9H2,1-3H3,(H,16,17,18).